The van der Waals surface area contributed by atoms with Crippen LogP contribution in [0.25, 0.3) is 0 Å². The van der Waals surface area contributed by atoms with Crippen molar-refractivity contribution >= 4 is 11.6 Å². The first kappa shape index (κ1) is 10.9. The van der Waals surface area contributed by atoms with Gasteiger partial charge in [0.1, 0.15) is 0 Å². The maximum atomic E-state index is 10.9. The van der Waals surface area contributed by atoms with Gasteiger partial charge in [0.25, 0.3) is 0 Å². The molecule has 0 aromatic heterocycles. The lowest BCUT2D eigenvalue weighted by atomic mass is 9.88. The van der Waals surface area contributed by atoms with E-state index in [1.807, 2.05) is 12.1 Å². The van der Waals surface area contributed by atoms with Gasteiger partial charge in [-0.15, -0.1) is 0 Å². The highest BCUT2D eigenvalue weighted by atomic mass is 16.1. The third kappa shape index (κ3) is 2.72. The van der Waals surface area contributed by atoms with Gasteiger partial charge in [-0.25, -0.2) is 0 Å². The molecular weight excluding hydrogens is 198 g/mol. The van der Waals surface area contributed by atoms with Crippen LogP contribution >= 0.6 is 0 Å². The first-order valence-corrected chi connectivity index (χ1v) is 5.78. The van der Waals surface area contributed by atoms with Crippen LogP contribution in [-0.2, 0) is 4.79 Å². The first-order valence-electron chi connectivity index (χ1n) is 5.78. The van der Waals surface area contributed by atoms with E-state index in [-0.39, 0.29) is 5.91 Å². The molecule has 2 heteroatoms. The van der Waals surface area contributed by atoms with Gasteiger partial charge in [-0.05, 0) is 42.9 Å². The smallest absolute Gasteiger partial charge is 0.221 e. The van der Waals surface area contributed by atoms with Crippen LogP contribution in [0.4, 0.5) is 5.69 Å². The standard InChI is InChI=1S/C14H17NO/c1-11(16)15-14-9-7-13(8-10-14)12-5-3-2-4-6-12/h2-3,7-10,12H,4-6H2,1H3,(H,15,16). The number of anilines is 1. The summed E-state index contributed by atoms with van der Waals surface area (Å²) >= 11 is 0. The number of nitrogens with one attached hydrogen (secondary N) is 1. The van der Waals surface area contributed by atoms with Crippen molar-refractivity contribution in [2.24, 2.45) is 0 Å². The molecule has 16 heavy (non-hydrogen) atoms. The molecule has 0 saturated carbocycles. The van der Waals surface area contributed by atoms with Crippen molar-refractivity contribution in [3.05, 3.63) is 42.0 Å². The van der Waals surface area contributed by atoms with Crippen LogP contribution in [0.1, 0.15) is 37.7 Å². The van der Waals surface area contributed by atoms with Crippen molar-refractivity contribution in [1.82, 2.24) is 0 Å². The van der Waals surface area contributed by atoms with Crippen molar-refractivity contribution in [3.8, 4) is 0 Å². The number of hydrogen-bond donors (Lipinski definition) is 1. The summed E-state index contributed by atoms with van der Waals surface area (Å²) in [6.07, 6.45) is 8.06. The van der Waals surface area contributed by atoms with Gasteiger partial charge in [-0.2, -0.15) is 0 Å². The molecule has 0 heterocycles. The minimum Gasteiger partial charge on any atom is -0.326 e. The Balaban J connectivity index is 2.06. The summed E-state index contributed by atoms with van der Waals surface area (Å²) in [6, 6.07) is 8.20. The fourth-order valence-corrected chi connectivity index (χ4v) is 2.14. The Morgan fingerprint density at radius 1 is 1.25 bits per heavy atom. The molecule has 2 rings (SSSR count). The van der Waals surface area contributed by atoms with E-state index in [1.54, 1.807) is 0 Å². The summed E-state index contributed by atoms with van der Waals surface area (Å²) in [5, 5.41) is 2.78. The second kappa shape index (κ2) is 4.97. The maximum Gasteiger partial charge on any atom is 0.221 e. The third-order valence-electron chi connectivity index (χ3n) is 2.97. The summed E-state index contributed by atoms with van der Waals surface area (Å²) in [6.45, 7) is 1.53. The van der Waals surface area contributed by atoms with Gasteiger partial charge in [0.15, 0.2) is 0 Å². The van der Waals surface area contributed by atoms with Crippen molar-refractivity contribution in [2.45, 2.75) is 32.1 Å². The lowest BCUT2D eigenvalue weighted by molar-refractivity contribution is -0.114. The molecule has 1 amide bonds. The van der Waals surface area contributed by atoms with Gasteiger partial charge in [-0.1, -0.05) is 24.3 Å². The van der Waals surface area contributed by atoms with Gasteiger partial charge >= 0.3 is 0 Å². The monoisotopic (exact) mass is 215 g/mol. The molecule has 0 saturated heterocycles. The lowest BCUT2D eigenvalue weighted by Gasteiger charge is -2.18. The molecule has 0 fully saturated rings. The Hall–Kier alpha value is -1.57. The molecule has 84 valence electrons. The maximum absolute atomic E-state index is 10.9. The normalized spacial score (nSPS) is 19.4. The minimum absolute atomic E-state index is 0.0200. The van der Waals surface area contributed by atoms with E-state index in [1.165, 1.54) is 25.3 Å². The summed E-state index contributed by atoms with van der Waals surface area (Å²) in [7, 11) is 0. The molecule has 0 aliphatic heterocycles. The predicted molar refractivity (Wildman–Crippen MR) is 66.5 cm³/mol. The van der Waals surface area contributed by atoms with Gasteiger partial charge in [0.05, 0.1) is 0 Å². The van der Waals surface area contributed by atoms with Crippen LogP contribution in [-0.4, -0.2) is 5.91 Å². The predicted octanol–water partition coefficient (Wildman–Crippen LogP) is 3.47. The number of carbonyl (C=O) groups is 1. The van der Waals surface area contributed by atoms with Crippen LogP contribution in [0, 0.1) is 0 Å². The molecule has 1 aliphatic rings. The zero-order valence-corrected chi connectivity index (χ0v) is 9.57. The summed E-state index contributed by atoms with van der Waals surface area (Å²) in [5.74, 6) is 0.629. The number of hydrogen-bond acceptors (Lipinski definition) is 1. The Morgan fingerprint density at radius 3 is 2.56 bits per heavy atom. The van der Waals surface area contributed by atoms with Gasteiger partial charge in [0.2, 0.25) is 5.91 Å². The molecule has 1 aromatic carbocycles. The highest BCUT2D eigenvalue weighted by Crippen LogP contribution is 2.29. The van der Waals surface area contributed by atoms with Crippen molar-refractivity contribution < 1.29 is 4.79 Å². The third-order valence-corrected chi connectivity index (χ3v) is 2.97. The Morgan fingerprint density at radius 2 is 2.00 bits per heavy atom. The Bertz CT molecular complexity index is 392. The first-order chi connectivity index (χ1) is 7.75. The van der Waals surface area contributed by atoms with E-state index in [2.05, 4.69) is 29.6 Å². The van der Waals surface area contributed by atoms with Gasteiger partial charge in [-0.3, -0.25) is 4.79 Å². The number of carbonyl (C=O) groups excluding carboxylic acids is 1. The topological polar surface area (TPSA) is 29.1 Å². The van der Waals surface area contributed by atoms with Gasteiger partial charge in [0, 0.05) is 12.6 Å². The number of allylic oxidation sites excluding steroid dienone is 2. The minimum atomic E-state index is -0.0200. The molecule has 1 aromatic rings. The molecule has 1 unspecified atom stereocenters. The Kier molecular flexibility index (Phi) is 3.40. The van der Waals surface area contributed by atoms with E-state index >= 15 is 0 Å². The number of rotatable bonds is 2. The second-order valence-electron chi connectivity index (χ2n) is 4.28. The molecule has 1 N–H and O–H groups in total. The quantitative estimate of drug-likeness (QED) is 0.752. The second-order valence-corrected chi connectivity index (χ2v) is 4.28. The molecule has 0 radical (unpaired) electrons. The summed E-state index contributed by atoms with van der Waals surface area (Å²) in [4.78, 5) is 10.9. The average molecular weight is 215 g/mol. The van der Waals surface area contributed by atoms with E-state index in [4.69, 9.17) is 0 Å². The largest absolute Gasteiger partial charge is 0.326 e. The molecule has 1 atom stereocenters. The zero-order valence-electron chi connectivity index (χ0n) is 9.57. The highest BCUT2D eigenvalue weighted by molar-refractivity contribution is 5.88. The van der Waals surface area contributed by atoms with E-state index in [9.17, 15) is 4.79 Å². The van der Waals surface area contributed by atoms with Gasteiger partial charge < -0.3 is 5.32 Å². The van der Waals surface area contributed by atoms with Crippen LogP contribution in [0.15, 0.2) is 36.4 Å². The number of benzene rings is 1. The molecule has 0 spiro atoms. The van der Waals surface area contributed by atoms with Crippen LogP contribution < -0.4 is 5.32 Å². The zero-order chi connectivity index (χ0) is 11.4. The van der Waals surface area contributed by atoms with Crippen LogP contribution in [0.3, 0.4) is 0 Å². The summed E-state index contributed by atoms with van der Waals surface area (Å²) < 4.78 is 0. The fourth-order valence-electron chi connectivity index (χ4n) is 2.14. The molecule has 1 aliphatic carbocycles. The van der Waals surface area contributed by atoms with Crippen LogP contribution in [0.5, 0.6) is 0 Å². The lowest BCUT2D eigenvalue weighted by Crippen LogP contribution is -2.06. The highest BCUT2D eigenvalue weighted by Gasteiger charge is 2.11. The van der Waals surface area contributed by atoms with Crippen molar-refractivity contribution in [1.29, 1.82) is 0 Å². The number of amides is 1. The Labute approximate surface area is 96.4 Å². The van der Waals surface area contributed by atoms with Crippen molar-refractivity contribution in [2.75, 3.05) is 5.32 Å². The molecule has 2 nitrogen and oxygen atoms in total. The summed E-state index contributed by atoms with van der Waals surface area (Å²) in [5.41, 5.74) is 2.25. The molecular formula is C14H17NO. The van der Waals surface area contributed by atoms with Crippen molar-refractivity contribution in [3.63, 3.8) is 0 Å². The SMILES string of the molecule is CC(=O)Nc1ccc(C2CC=CCC2)cc1. The van der Waals surface area contributed by atoms with E-state index < -0.39 is 0 Å². The molecule has 0 bridgehead atoms. The van der Waals surface area contributed by atoms with Crippen LogP contribution in [0.2, 0.25) is 0 Å². The average Bonchev–Trinajstić information content (AvgIpc) is 2.30. The van der Waals surface area contributed by atoms with E-state index in [0.29, 0.717) is 5.92 Å². The fraction of sp³-hybridized carbons (Fsp3) is 0.357. The van der Waals surface area contributed by atoms with E-state index in [0.717, 1.165) is 12.1 Å².